The van der Waals surface area contributed by atoms with E-state index in [-0.39, 0.29) is 0 Å². The normalized spacial score (nSPS) is 34.3. The molecular weight excluding hydrogens is 158 g/mol. The first-order valence-electron chi connectivity index (χ1n) is 4.12. The van der Waals surface area contributed by atoms with Crippen LogP contribution >= 0.6 is 0 Å². The topological polar surface area (TPSA) is 0 Å². The van der Waals surface area contributed by atoms with E-state index < -0.39 is 11.8 Å². The van der Waals surface area contributed by atoms with Crippen molar-refractivity contribution in [1.82, 2.24) is 0 Å². The molecule has 0 radical (unpaired) electrons. The highest BCUT2D eigenvalue weighted by molar-refractivity contribution is 5.26. The van der Waals surface area contributed by atoms with Gasteiger partial charge in [0.05, 0.1) is 0 Å². The van der Waals surface area contributed by atoms with E-state index >= 15 is 0 Å². The molecule has 1 saturated carbocycles. The van der Waals surface area contributed by atoms with Crippen molar-refractivity contribution in [2.24, 2.45) is 0 Å². The Balaban J connectivity index is 2.31. The first-order valence-corrected chi connectivity index (χ1v) is 4.12. The van der Waals surface area contributed by atoms with Crippen LogP contribution in [0, 0.1) is 0 Å². The van der Waals surface area contributed by atoms with Gasteiger partial charge in [-0.1, -0.05) is 30.3 Å². The van der Waals surface area contributed by atoms with Crippen LogP contribution in [0.25, 0.3) is 0 Å². The fraction of sp³-hybridized carbons (Fsp3) is 0.400. The molecule has 0 unspecified atom stereocenters. The highest BCUT2D eigenvalue weighted by atomic mass is 19.2. The van der Waals surface area contributed by atoms with E-state index in [1.165, 1.54) is 0 Å². The Hall–Kier alpha value is -0.920. The first-order chi connectivity index (χ1) is 5.73. The van der Waals surface area contributed by atoms with Crippen LogP contribution in [0.15, 0.2) is 30.3 Å². The van der Waals surface area contributed by atoms with E-state index in [2.05, 4.69) is 0 Å². The molecule has 1 aliphatic rings. The van der Waals surface area contributed by atoms with Gasteiger partial charge in [0.25, 0.3) is 0 Å². The summed E-state index contributed by atoms with van der Waals surface area (Å²) in [6, 6.07) is 8.57. The van der Waals surface area contributed by atoms with Crippen LogP contribution in [-0.2, 0) is 5.67 Å². The number of hydrogen-bond acceptors (Lipinski definition) is 0. The van der Waals surface area contributed by atoms with Crippen LogP contribution in [0.5, 0.6) is 0 Å². The maximum absolute atomic E-state index is 13.7. The largest absolute Gasteiger partial charge is 0.244 e. The van der Waals surface area contributed by atoms with Gasteiger partial charge in [-0.2, -0.15) is 0 Å². The molecule has 0 aliphatic heterocycles. The van der Waals surface area contributed by atoms with Crippen LogP contribution in [0.1, 0.15) is 18.4 Å². The summed E-state index contributed by atoms with van der Waals surface area (Å²) in [5.74, 6) is 0. The van der Waals surface area contributed by atoms with Crippen molar-refractivity contribution in [3.8, 4) is 0 Å². The molecule has 2 atom stereocenters. The summed E-state index contributed by atoms with van der Waals surface area (Å²) in [5.41, 5.74) is -1.22. The van der Waals surface area contributed by atoms with Gasteiger partial charge in [0.15, 0.2) is 5.67 Å². The van der Waals surface area contributed by atoms with E-state index in [0.29, 0.717) is 18.4 Å². The van der Waals surface area contributed by atoms with Gasteiger partial charge in [0, 0.05) is 0 Å². The monoisotopic (exact) mass is 168 g/mol. The van der Waals surface area contributed by atoms with Gasteiger partial charge in [0.1, 0.15) is 6.17 Å². The summed E-state index contributed by atoms with van der Waals surface area (Å²) >= 11 is 0. The lowest BCUT2D eigenvalue weighted by Crippen LogP contribution is -2.41. The Morgan fingerprint density at radius 2 is 1.92 bits per heavy atom. The van der Waals surface area contributed by atoms with Crippen LogP contribution < -0.4 is 0 Å². The van der Waals surface area contributed by atoms with Gasteiger partial charge in [0.2, 0.25) is 0 Å². The average molecular weight is 168 g/mol. The van der Waals surface area contributed by atoms with E-state index in [9.17, 15) is 8.78 Å². The fourth-order valence-electron chi connectivity index (χ4n) is 1.55. The molecule has 2 heteroatoms. The molecule has 0 aromatic heterocycles. The molecule has 0 N–H and O–H groups in total. The summed E-state index contributed by atoms with van der Waals surface area (Å²) in [6.45, 7) is 0. The predicted molar refractivity (Wildman–Crippen MR) is 43.4 cm³/mol. The van der Waals surface area contributed by atoms with Gasteiger partial charge in [-0.25, -0.2) is 8.78 Å². The second-order valence-corrected chi connectivity index (χ2v) is 3.23. The number of alkyl halides is 2. The molecule has 1 aliphatic carbocycles. The fourth-order valence-corrected chi connectivity index (χ4v) is 1.55. The average Bonchev–Trinajstić information content (AvgIpc) is 2.16. The lowest BCUT2D eigenvalue weighted by molar-refractivity contribution is -0.0429. The van der Waals surface area contributed by atoms with Crippen molar-refractivity contribution in [3.63, 3.8) is 0 Å². The Morgan fingerprint density at radius 3 is 2.33 bits per heavy atom. The molecule has 0 spiro atoms. The van der Waals surface area contributed by atoms with Crippen molar-refractivity contribution >= 4 is 0 Å². The smallest absolute Gasteiger partial charge is 0.167 e. The SMILES string of the molecule is F[C@@H]1CC[C@@]1(F)c1ccccc1. The Labute approximate surface area is 70.2 Å². The Kier molecular flexibility index (Phi) is 1.63. The number of halogens is 2. The van der Waals surface area contributed by atoms with Crippen LogP contribution in [-0.4, -0.2) is 6.17 Å². The zero-order valence-electron chi connectivity index (χ0n) is 6.63. The minimum absolute atomic E-state index is 0.318. The van der Waals surface area contributed by atoms with Gasteiger partial charge < -0.3 is 0 Å². The molecule has 0 saturated heterocycles. The molecule has 0 heterocycles. The summed E-state index contributed by atoms with van der Waals surface area (Å²) in [4.78, 5) is 0. The molecule has 0 bridgehead atoms. The minimum atomic E-state index is -1.69. The standard InChI is InChI=1S/C10H10F2/c11-9-6-7-10(9,12)8-4-2-1-3-5-8/h1-5,9H,6-7H2/t9-,10-/m1/s1. The zero-order chi connectivity index (χ0) is 8.60. The van der Waals surface area contributed by atoms with Crippen molar-refractivity contribution in [2.75, 3.05) is 0 Å². The lowest BCUT2D eigenvalue weighted by atomic mass is 9.75. The van der Waals surface area contributed by atoms with E-state index in [1.54, 1.807) is 30.3 Å². The maximum atomic E-state index is 13.7. The first kappa shape index (κ1) is 7.71. The molecular formula is C10H10F2. The molecule has 64 valence electrons. The lowest BCUT2D eigenvalue weighted by Gasteiger charge is -2.38. The third-order valence-electron chi connectivity index (χ3n) is 2.51. The second kappa shape index (κ2) is 2.54. The number of hydrogen-bond donors (Lipinski definition) is 0. The molecule has 2 rings (SSSR count). The van der Waals surface area contributed by atoms with Crippen LogP contribution in [0.3, 0.4) is 0 Å². The number of rotatable bonds is 1. The Bertz CT molecular complexity index is 270. The summed E-state index contributed by atoms with van der Waals surface area (Å²) in [6.07, 6.45) is -0.635. The second-order valence-electron chi connectivity index (χ2n) is 3.23. The van der Waals surface area contributed by atoms with Crippen molar-refractivity contribution in [2.45, 2.75) is 24.7 Å². The summed E-state index contributed by atoms with van der Waals surface area (Å²) in [5, 5.41) is 0. The quantitative estimate of drug-likeness (QED) is 0.604. The highest BCUT2D eigenvalue weighted by Crippen LogP contribution is 2.46. The number of benzene rings is 1. The molecule has 0 nitrogen and oxygen atoms in total. The van der Waals surface area contributed by atoms with Crippen molar-refractivity contribution < 1.29 is 8.78 Å². The predicted octanol–water partition coefficient (Wildman–Crippen LogP) is 2.98. The van der Waals surface area contributed by atoms with Gasteiger partial charge in [-0.3, -0.25) is 0 Å². The highest BCUT2D eigenvalue weighted by Gasteiger charge is 2.49. The van der Waals surface area contributed by atoms with Crippen molar-refractivity contribution in [3.05, 3.63) is 35.9 Å². The van der Waals surface area contributed by atoms with Crippen LogP contribution in [0.4, 0.5) is 8.78 Å². The summed E-state index contributed by atoms with van der Waals surface area (Å²) < 4.78 is 26.5. The molecule has 1 aromatic carbocycles. The Morgan fingerprint density at radius 1 is 1.25 bits per heavy atom. The van der Waals surface area contributed by atoms with Gasteiger partial charge in [-0.15, -0.1) is 0 Å². The van der Waals surface area contributed by atoms with Gasteiger partial charge >= 0.3 is 0 Å². The van der Waals surface area contributed by atoms with Gasteiger partial charge in [-0.05, 0) is 18.4 Å². The maximum Gasteiger partial charge on any atom is 0.167 e. The molecule has 12 heavy (non-hydrogen) atoms. The van der Waals surface area contributed by atoms with E-state index in [0.717, 1.165) is 0 Å². The third kappa shape index (κ3) is 0.942. The van der Waals surface area contributed by atoms with Crippen LogP contribution in [0.2, 0.25) is 0 Å². The molecule has 1 fully saturated rings. The summed E-state index contributed by atoms with van der Waals surface area (Å²) in [7, 11) is 0. The third-order valence-corrected chi connectivity index (χ3v) is 2.51. The van der Waals surface area contributed by atoms with E-state index in [1.807, 2.05) is 0 Å². The minimum Gasteiger partial charge on any atom is -0.244 e. The molecule has 1 aromatic rings. The zero-order valence-corrected chi connectivity index (χ0v) is 6.63. The van der Waals surface area contributed by atoms with Crippen molar-refractivity contribution in [1.29, 1.82) is 0 Å². The van der Waals surface area contributed by atoms with E-state index in [4.69, 9.17) is 0 Å². The molecule has 0 amide bonds.